The van der Waals surface area contributed by atoms with Crippen molar-refractivity contribution < 1.29 is 44.5 Å². The molecule has 5 heteroatoms. The van der Waals surface area contributed by atoms with Crippen LogP contribution >= 0.6 is 0 Å². The van der Waals surface area contributed by atoms with Crippen molar-refractivity contribution in [2.75, 3.05) is 0 Å². The smallest absolute Gasteiger partial charge is 0.660 e. The van der Waals surface area contributed by atoms with Crippen LogP contribution in [0.2, 0.25) is 0 Å². The second-order valence-electron chi connectivity index (χ2n) is 0.467. The van der Waals surface area contributed by atoms with Crippen LogP contribution in [0.4, 0.5) is 4.79 Å². The van der Waals surface area contributed by atoms with Crippen molar-refractivity contribution in [3.05, 3.63) is 0 Å². The summed E-state index contributed by atoms with van der Waals surface area (Å²) in [6, 6.07) is 0. The number of hydrogen-bond acceptors (Lipinski definition) is 2. The first-order valence-electron chi connectivity index (χ1n) is 0.975. The molecule has 2 radical (unpaired) electrons. The Hall–Kier alpha value is 0.495. The molecule has 6 heavy (non-hydrogen) atoms. The van der Waals surface area contributed by atoms with Crippen LogP contribution in [0.15, 0.2) is 0 Å². The SMILES string of the molecule is O=C(O)[B-]O.[Na+]. The van der Waals surface area contributed by atoms with E-state index in [1.54, 1.807) is 0 Å². The molecule has 0 heterocycles. The molecule has 0 rings (SSSR count). The van der Waals surface area contributed by atoms with Crippen molar-refractivity contribution >= 4 is 13.4 Å². The van der Waals surface area contributed by atoms with Gasteiger partial charge in [-0.25, -0.2) is 0 Å². The topological polar surface area (TPSA) is 57.5 Å². The van der Waals surface area contributed by atoms with Gasteiger partial charge >= 0.3 is 29.6 Å². The monoisotopic (exact) mass is 96.0 g/mol. The molecule has 3 nitrogen and oxygen atoms in total. The summed E-state index contributed by atoms with van der Waals surface area (Å²) in [5.74, 6) is -1.31. The van der Waals surface area contributed by atoms with Crippen molar-refractivity contribution in [1.82, 2.24) is 0 Å². The van der Waals surface area contributed by atoms with Gasteiger partial charge in [-0.05, 0) is 7.48 Å². The Balaban J connectivity index is 0. The Kier molecular flexibility index (Phi) is 8.89. The van der Waals surface area contributed by atoms with E-state index in [1.807, 2.05) is 0 Å². The number of carbonyl (C=O) groups is 1. The van der Waals surface area contributed by atoms with E-state index < -0.39 is 5.87 Å². The summed E-state index contributed by atoms with van der Waals surface area (Å²) in [7, 11) is 0.0833. The molecule has 0 spiro atoms. The summed E-state index contributed by atoms with van der Waals surface area (Å²) < 4.78 is 0. The number of rotatable bonds is 1. The molecule has 0 aliphatic rings. The fraction of sp³-hybridized carbons (Fsp3) is 0. The predicted molar refractivity (Wildman–Crippen MR) is 16.0 cm³/mol. The normalized spacial score (nSPS) is 6.17. The molecule has 0 aliphatic heterocycles. The zero-order valence-electron chi connectivity index (χ0n) is 3.38. The summed E-state index contributed by atoms with van der Waals surface area (Å²) >= 11 is 0. The van der Waals surface area contributed by atoms with Gasteiger partial charge in [-0.1, -0.05) is 0 Å². The third kappa shape index (κ3) is 8.82. The van der Waals surface area contributed by atoms with E-state index in [0.29, 0.717) is 0 Å². The maximum absolute atomic E-state index is 9.06. The van der Waals surface area contributed by atoms with E-state index in [0.717, 1.165) is 0 Å². The fourth-order valence-electron chi connectivity index (χ4n) is 0. The Morgan fingerprint density at radius 3 is 1.83 bits per heavy atom. The average molecular weight is 95.8 g/mol. The quantitative estimate of drug-likeness (QED) is 0.330. The van der Waals surface area contributed by atoms with Crippen molar-refractivity contribution in [3.8, 4) is 0 Å². The molecule has 0 aromatic carbocycles. The summed E-state index contributed by atoms with van der Waals surface area (Å²) in [4.78, 5) is 9.06. The van der Waals surface area contributed by atoms with Gasteiger partial charge in [0, 0.05) is 0 Å². The molecule has 0 saturated heterocycles. The van der Waals surface area contributed by atoms with Gasteiger partial charge in [0.1, 0.15) is 0 Å². The number of carboxylic acid groups (broad SMARTS) is 1. The van der Waals surface area contributed by atoms with Gasteiger partial charge in [-0.15, -0.1) is 0 Å². The summed E-state index contributed by atoms with van der Waals surface area (Å²) in [5.41, 5.74) is 0. The molecule has 0 aliphatic carbocycles. The Morgan fingerprint density at radius 1 is 1.67 bits per heavy atom. The standard InChI is InChI=1S/CH2BO3.Na/c3-1(4)2-5;/h5H,(H,3,4);/q-1;+1. The van der Waals surface area contributed by atoms with Crippen LogP contribution in [0.25, 0.3) is 0 Å². The third-order valence-electron chi connectivity index (χ3n) is 0.110. The van der Waals surface area contributed by atoms with Crippen molar-refractivity contribution in [2.24, 2.45) is 0 Å². The van der Waals surface area contributed by atoms with Crippen LogP contribution in [-0.2, 0) is 0 Å². The first-order chi connectivity index (χ1) is 2.27. The molecular weight excluding hydrogens is 93.8 g/mol. The third-order valence-corrected chi connectivity index (χ3v) is 0.110. The van der Waals surface area contributed by atoms with Crippen LogP contribution in [-0.4, -0.2) is 23.5 Å². The minimum Gasteiger partial charge on any atom is -0.660 e. The molecule has 0 amide bonds. The molecule has 0 aromatic heterocycles. The van der Waals surface area contributed by atoms with Gasteiger partial charge < -0.3 is 14.9 Å². The average Bonchev–Trinajstić information content (AvgIpc) is 1.38. The summed E-state index contributed by atoms with van der Waals surface area (Å²) in [6.45, 7) is 0. The van der Waals surface area contributed by atoms with Gasteiger partial charge in [-0.3, -0.25) is 0 Å². The van der Waals surface area contributed by atoms with E-state index in [9.17, 15) is 0 Å². The Labute approximate surface area is 57.9 Å². The maximum Gasteiger partial charge on any atom is 1.00 e. The Bertz CT molecular complexity index is 46.1. The van der Waals surface area contributed by atoms with Crippen LogP contribution in [0, 0.1) is 0 Å². The summed E-state index contributed by atoms with van der Waals surface area (Å²) in [5, 5.41) is 14.8. The van der Waals surface area contributed by atoms with E-state index in [-0.39, 0.29) is 37.0 Å². The van der Waals surface area contributed by atoms with Crippen LogP contribution in [0.1, 0.15) is 0 Å². The minimum atomic E-state index is -1.31. The van der Waals surface area contributed by atoms with E-state index >= 15 is 0 Å². The largest absolute Gasteiger partial charge is 1.00 e. The second kappa shape index (κ2) is 5.49. The molecule has 2 N–H and O–H groups in total. The fourth-order valence-corrected chi connectivity index (χ4v) is 0. The second-order valence-corrected chi connectivity index (χ2v) is 0.467. The zero-order valence-corrected chi connectivity index (χ0v) is 5.38. The molecule has 0 fully saturated rings. The van der Waals surface area contributed by atoms with Gasteiger partial charge in [0.25, 0.3) is 0 Å². The first-order valence-corrected chi connectivity index (χ1v) is 0.975. The predicted octanol–water partition coefficient (Wildman–Crippen LogP) is -3.72. The van der Waals surface area contributed by atoms with E-state index in [2.05, 4.69) is 0 Å². The first kappa shape index (κ1) is 9.71. The van der Waals surface area contributed by atoms with Crippen molar-refractivity contribution in [2.45, 2.75) is 0 Å². The van der Waals surface area contributed by atoms with Gasteiger partial charge in [0.2, 0.25) is 0 Å². The van der Waals surface area contributed by atoms with Crippen LogP contribution in [0.5, 0.6) is 0 Å². The van der Waals surface area contributed by atoms with E-state index in [4.69, 9.17) is 14.9 Å². The Morgan fingerprint density at radius 2 is 1.83 bits per heavy atom. The minimum absolute atomic E-state index is 0. The molecule has 0 atom stereocenters. The maximum atomic E-state index is 9.06. The molecule has 0 unspecified atom stereocenters. The summed E-state index contributed by atoms with van der Waals surface area (Å²) in [6.07, 6.45) is 0. The molecular formula is CH2BNaO3. The van der Waals surface area contributed by atoms with E-state index in [1.165, 1.54) is 0 Å². The molecule has 28 valence electrons. The van der Waals surface area contributed by atoms with Crippen molar-refractivity contribution in [3.63, 3.8) is 0 Å². The van der Waals surface area contributed by atoms with Gasteiger partial charge in [0.05, 0.1) is 5.87 Å². The van der Waals surface area contributed by atoms with Crippen LogP contribution in [0.3, 0.4) is 0 Å². The molecule has 0 saturated carbocycles. The van der Waals surface area contributed by atoms with Crippen molar-refractivity contribution in [1.29, 1.82) is 0 Å². The van der Waals surface area contributed by atoms with Gasteiger partial charge in [-0.2, -0.15) is 0 Å². The van der Waals surface area contributed by atoms with Crippen LogP contribution < -0.4 is 29.6 Å². The molecule has 0 aromatic rings. The zero-order chi connectivity index (χ0) is 4.28. The number of hydrogen-bond donors (Lipinski definition) is 2. The molecule has 0 bridgehead atoms. The van der Waals surface area contributed by atoms with Gasteiger partial charge in [0.15, 0.2) is 0 Å².